The van der Waals surface area contributed by atoms with Gasteiger partial charge in [-0.3, -0.25) is 4.79 Å². The van der Waals surface area contributed by atoms with E-state index >= 15 is 0 Å². The molecule has 2 aliphatic rings. The molecular weight excluding hydrogens is 564 g/mol. The highest BCUT2D eigenvalue weighted by molar-refractivity contribution is 7.92. The molecule has 0 aliphatic heterocycles. The summed E-state index contributed by atoms with van der Waals surface area (Å²) in [5, 5.41) is 21.4. The molecule has 7 nitrogen and oxygen atoms in total. The van der Waals surface area contributed by atoms with Crippen LogP contribution in [-0.2, 0) is 19.4 Å². The zero-order valence-electron chi connectivity index (χ0n) is 25.3. The molecular formula is C35H46O7S. The Labute approximate surface area is 256 Å². The molecule has 1 saturated carbocycles. The van der Waals surface area contributed by atoms with Gasteiger partial charge in [-0.05, 0) is 80.5 Å². The zero-order valence-corrected chi connectivity index (χ0v) is 26.1. The summed E-state index contributed by atoms with van der Waals surface area (Å²) in [5.41, 5.74) is 0.791. The van der Waals surface area contributed by atoms with Crippen LogP contribution in [-0.4, -0.2) is 55.8 Å². The van der Waals surface area contributed by atoms with Gasteiger partial charge in [0.15, 0.2) is 9.84 Å². The first kappa shape index (κ1) is 33.0. The minimum atomic E-state index is -3.56. The summed E-state index contributed by atoms with van der Waals surface area (Å²) in [6, 6.07) is 18.1. The molecule has 4 rings (SSSR count). The van der Waals surface area contributed by atoms with Crippen LogP contribution in [0.1, 0.15) is 64.7 Å². The number of rotatable bonds is 16. The molecule has 0 saturated heterocycles. The lowest BCUT2D eigenvalue weighted by Gasteiger charge is -2.33. The van der Waals surface area contributed by atoms with Crippen molar-refractivity contribution in [1.29, 1.82) is 0 Å². The van der Waals surface area contributed by atoms with Gasteiger partial charge in [0, 0.05) is 18.8 Å². The lowest BCUT2D eigenvalue weighted by molar-refractivity contribution is -0.140. The Morgan fingerprint density at radius 1 is 1.09 bits per heavy atom. The largest absolute Gasteiger partial charge is 0.493 e. The normalized spacial score (nSPS) is 24.8. The number of hydrogen-bond acceptors (Lipinski definition) is 7. The number of carbonyl (C=O) groups is 1. The fraction of sp³-hybridized carbons (Fsp3) is 0.514. The molecule has 0 amide bonds. The molecule has 1 unspecified atom stereocenters. The second kappa shape index (κ2) is 15.2. The number of unbranched alkanes of at least 4 members (excludes halogenated alkanes) is 1. The first-order chi connectivity index (χ1) is 20.7. The van der Waals surface area contributed by atoms with Gasteiger partial charge in [-0.2, -0.15) is 0 Å². The fourth-order valence-electron chi connectivity index (χ4n) is 6.90. The van der Waals surface area contributed by atoms with Crippen LogP contribution < -0.4 is 4.74 Å². The number of fused-ring (bicyclic) bond motifs is 1. The van der Waals surface area contributed by atoms with E-state index in [4.69, 9.17) is 9.47 Å². The lowest BCUT2D eigenvalue weighted by atomic mass is 9.74. The first-order valence-electron chi connectivity index (χ1n) is 15.5. The van der Waals surface area contributed by atoms with Crippen LogP contribution in [0.5, 0.6) is 5.75 Å². The second-order valence-corrected chi connectivity index (χ2v) is 14.2. The highest BCUT2D eigenvalue weighted by atomic mass is 32.2. The highest BCUT2D eigenvalue weighted by Crippen LogP contribution is 2.59. The maximum atomic E-state index is 13.7. The summed E-state index contributed by atoms with van der Waals surface area (Å²) in [4.78, 5) is 11.9. The molecule has 0 aromatic heterocycles. The fourth-order valence-corrected chi connectivity index (χ4v) is 8.79. The third-order valence-electron chi connectivity index (χ3n) is 9.12. The van der Waals surface area contributed by atoms with Crippen LogP contribution >= 0.6 is 0 Å². The number of para-hydroxylation sites is 1. The Morgan fingerprint density at radius 3 is 2.47 bits per heavy atom. The van der Waals surface area contributed by atoms with Crippen molar-refractivity contribution in [3.05, 3.63) is 84.5 Å². The number of benzene rings is 2. The molecule has 6 atom stereocenters. The van der Waals surface area contributed by atoms with E-state index < -0.39 is 32.7 Å². The van der Waals surface area contributed by atoms with Crippen LogP contribution in [0.3, 0.4) is 0 Å². The van der Waals surface area contributed by atoms with Gasteiger partial charge in [0.2, 0.25) is 0 Å². The summed E-state index contributed by atoms with van der Waals surface area (Å²) < 4.78 is 37.9. The summed E-state index contributed by atoms with van der Waals surface area (Å²) in [6.45, 7) is 2.28. The molecule has 2 aromatic rings. The number of esters is 1. The van der Waals surface area contributed by atoms with Crippen molar-refractivity contribution in [3.8, 4) is 5.75 Å². The zero-order chi connectivity index (χ0) is 30.9. The first-order valence-corrected chi connectivity index (χ1v) is 17.0. The third-order valence-corrected chi connectivity index (χ3v) is 11.4. The van der Waals surface area contributed by atoms with Crippen molar-refractivity contribution >= 4 is 15.8 Å². The number of carbonyl (C=O) groups excluding carboxylic acids is 1. The maximum Gasteiger partial charge on any atom is 0.305 e. The summed E-state index contributed by atoms with van der Waals surface area (Å²) in [5.74, 6) is 0.362. The SMILES string of the molecule is CCC(C[C@]12C=C(CCCCC(=O)OC)C[C@H]1[C@H](/C=C/[C@@H](O)CCOc1ccccc1)[C@H](O)C2)S(=O)(=O)c1ccccc1. The number of aliphatic hydroxyl groups is 2. The Balaban J connectivity index is 1.49. The topological polar surface area (TPSA) is 110 Å². The van der Waals surface area contributed by atoms with Gasteiger partial charge in [-0.15, -0.1) is 0 Å². The Kier molecular flexibility index (Phi) is 11.6. The van der Waals surface area contributed by atoms with Crippen LogP contribution in [0.4, 0.5) is 0 Å². The van der Waals surface area contributed by atoms with E-state index in [1.807, 2.05) is 49.4 Å². The molecule has 2 aromatic carbocycles. The molecule has 43 heavy (non-hydrogen) atoms. The summed E-state index contributed by atoms with van der Waals surface area (Å²) >= 11 is 0. The minimum absolute atomic E-state index is 0.0298. The number of methoxy groups -OCH3 is 1. The van der Waals surface area contributed by atoms with Crippen molar-refractivity contribution < 1.29 is 32.9 Å². The van der Waals surface area contributed by atoms with Crippen LogP contribution in [0, 0.1) is 17.3 Å². The smallest absolute Gasteiger partial charge is 0.305 e. The molecule has 0 radical (unpaired) electrons. The second-order valence-electron chi connectivity index (χ2n) is 12.0. The van der Waals surface area contributed by atoms with Crippen LogP contribution in [0.2, 0.25) is 0 Å². The monoisotopic (exact) mass is 610 g/mol. The lowest BCUT2D eigenvalue weighted by Crippen LogP contribution is -2.32. The van der Waals surface area contributed by atoms with E-state index in [9.17, 15) is 23.4 Å². The predicted molar refractivity (Wildman–Crippen MR) is 167 cm³/mol. The molecule has 1 fully saturated rings. The number of ether oxygens (including phenoxy) is 2. The number of sulfone groups is 1. The van der Waals surface area contributed by atoms with Gasteiger partial charge >= 0.3 is 5.97 Å². The van der Waals surface area contributed by atoms with E-state index in [-0.39, 0.29) is 17.8 Å². The predicted octanol–water partition coefficient (Wildman–Crippen LogP) is 6.06. The minimum Gasteiger partial charge on any atom is -0.493 e. The number of hydrogen-bond donors (Lipinski definition) is 2. The molecule has 0 spiro atoms. The molecule has 0 bridgehead atoms. The Morgan fingerprint density at radius 2 is 1.79 bits per heavy atom. The van der Waals surface area contributed by atoms with E-state index in [0.717, 1.165) is 31.4 Å². The van der Waals surface area contributed by atoms with E-state index in [1.54, 1.807) is 30.3 Å². The standard InChI is InChI=1S/C35H46O7S/c1-3-29(43(39,40)30-15-8-5-9-16-30)24-35-23-26(12-10-11-17-34(38)41-2)22-32(35)31(33(37)25-35)19-18-27(36)20-21-42-28-13-6-4-7-14-28/h4-9,13-16,18-19,23,27,29,31-33,36-37H,3,10-12,17,20-22,24-25H2,1-2H3/b19-18+/t27-,29?,31+,32+,33-,35+/m1/s1. The van der Waals surface area contributed by atoms with Crippen LogP contribution in [0.15, 0.2) is 89.4 Å². The Bertz CT molecular complexity index is 1340. The van der Waals surface area contributed by atoms with Crippen molar-refractivity contribution in [2.75, 3.05) is 13.7 Å². The number of aliphatic hydroxyl groups excluding tert-OH is 2. The van der Waals surface area contributed by atoms with E-state index in [2.05, 4.69) is 6.08 Å². The van der Waals surface area contributed by atoms with Crippen molar-refractivity contribution in [3.63, 3.8) is 0 Å². The molecule has 234 valence electrons. The molecule has 8 heteroatoms. The van der Waals surface area contributed by atoms with Crippen molar-refractivity contribution in [2.24, 2.45) is 17.3 Å². The van der Waals surface area contributed by atoms with E-state index in [0.29, 0.717) is 43.6 Å². The Hall–Kier alpha value is -2.94. The van der Waals surface area contributed by atoms with Gasteiger partial charge < -0.3 is 19.7 Å². The highest BCUT2D eigenvalue weighted by Gasteiger charge is 2.55. The molecule has 2 aliphatic carbocycles. The van der Waals surface area contributed by atoms with Gasteiger partial charge in [0.25, 0.3) is 0 Å². The van der Waals surface area contributed by atoms with Gasteiger partial charge in [0.05, 0.1) is 36.1 Å². The quantitative estimate of drug-likeness (QED) is 0.135. The van der Waals surface area contributed by atoms with Gasteiger partial charge in [0.1, 0.15) is 5.75 Å². The van der Waals surface area contributed by atoms with Gasteiger partial charge in [-0.25, -0.2) is 8.42 Å². The van der Waals surface area contributed by atoms with E-state index in [1.165, 1.54) is 12.7 Å². The average molecular weight is 611 g/mol. The third kappa shape index (κ3) is 8.37. The average Bonchev–Trinajstić information content (AvgIpc) is 3.48. The van der Waals surface area contributed by atoms with Crippen molar-refractivity contribution in [2.45, 2.75) is 87.1 Å². The van der Waals surface area contributed by atoms with Crippen molar-refractivity contribution in [1.82, 2.24) is 0 Å². The molecule has 2 N–H and O–H groups in total. The maximum absolute atomic E-state index is 13.7. The summed E-state index contributed by atoms with van der Waals surface area (Å²) in [6.07, 6.45) is 9.92. The summed E-state index contributed by atoms with van der Waals surface area (Å²) in [7, 11) is -2.17. The van der Waals surface area contributed by atoms with Gasteiger partial charge in [-0.1, -0.05) is 67.1 Å². The van der Waals surface area contributed by atoms with Crippen LogP contribution in [0.25, 0.3) is 0 Å². The number of allylic oxidation sites excluding steroid dienone is 2. The molecule has 0 heterocycles.